The van der Waals surface area contributed by atoms with Gasteiger partial charge in [0.05, 0.1) is 25.4 Å². The maximum Gasteiger partial charge on any atom is 0.305 e. The fraction of sp³-hybridized carbons (Fsp3) is 0.947. The predicted molar refractivity (Wildman–Crippen MR) is 361 cm³/mol. The van der Waals surface area contributed by atoms with Crippen molar-refractivity contribution in [3.63, 3.8) is 0 Å². The van der Waals surface area contributed by atoms with Crippen LogP contribution in [-0.4, -0.2) is 47.4 Å². The number of unbranched alkanes of at least 4 members (excludes halogenated alkanes) is 59. The van der Waals surface area contributed by atoms with E-state index in [1.165, 1.54) is 360 Å². The second-order valence-corrected chi connectivity index (χ2v) is 26.3. The molecule has 488 valence electrons. The standard InChI is InChI=1S/C76H149NO5/c1-3-5-7-9-11-13-15-17-18-19-35-38-41-45-48-52-56-60-64-68-74(79)73(72-78)77-75(80)69-65-61-57-53-49-46-42-39-36-33-31-29-27-25-23-21-20-22-24-26-28-30-32-34-37-40-43-47-51-55-59-63-67-71-82-76(81)70-66-62-58-54-50-44-16-14-12-10-8-6-4-2/h14,16,73-74,78-79H,3-13,15,17-72H2,1-2H3,(H,77,80)/b16-14-. The molecular weight excluding hydrogens is 1010 g/mol. The van der Waals surface area contributed by atoms with E-state index in [1.807, 2.05) is 0 Å². The third-order valence-corrected chi connectivity index (χ3v) is 18.1. The molecule has 0 radical (unpaired) electrons. The van der Waals surface area contributed by atoms with E-state index in [0.717, 1.165) is 44.9 Å². The summed E-state index contributed by atoms with van der Waals surface area (Å²) in [5.41, 5.74) is 0. The highest BCUT2D eigenvalue weighted by Gasteiger charge is 2.20. The number of carbonyl (C=O) groups is 2. The lowest BCUT2D eigenvalue weighted by Gasteiger charge is -2.22. The van der Waals surface area contributed by atoms with E-state index in [2.05, 4.69) is 31.3 Å². The molecule has 6 heteroatoms. The van der Waals surface area contributed by atoms with Gasteiger partial charge in [-0.1, -0.05) is 386 Å². The fourth-order valence-corrected chi connectivity index (χ4v) is 12.3. The highest BCUT2D eigenvalue weighted by Crippen LogP contribution is 2.20. The Morgan fingerprint density at radius 3 is 0.878 bits per heavy atom. The molecule has 3 N–H and O–H groups in total. The molecule has 82 heavy (non-hydrogen) atoms. The van der Waals surface area contributed by atoms with Crippen molar-refractivity contribution in [2.45, 2.75) is 450 Å². The quantitative estimate of drug-likeness (QED) is 0.0320. The summed E-state index contributed by atoms with van der Waals surface area (Å²) >= 11 is 0. The van der Waals surface area contributed by atoms with Gasteiger partial charge in [-0.2, -0.15) is 0 Å². The van der Waals surface area contributed by atoms with Crippen molar-refractivity contribution in [1.82, 2.24) is 5.32 Å². The van der Waals surface area contributed by atoms with Gasteiger partial charge in [0.15, 0.2) is 0 Å². The monoisotopic (exact) mass is 1160 g/mol. The first kappa shape index (κ1) is 80.6. The topological polar surface area (TPSA) is 95.9 Å². The van der Waals surface area contributed by atoms with Crippen molar-refractivity contribution in [3.8, 4) is 0 Å². The third kappa shape index (κ3) is 67.7. The second-order valence-electron chi connectivity index (χ2n) is 26.3. The highest BCUT2D eigenvalue weighted by atomic mass is 16.5. The van der Waals surface area contributed by atoms with Gasteiger partial charge in [0, 0.05) is 12.8 Å². The second kappa shape index (κ2) is 72.1. The molecule has 0 saturated carbocycles. The highest BCUT2D eigenvalue weighted by molar-refractivity contribution is 5.76. The summed E-state index contributed by atoms with van der Waals surface area (Å²) in [6.45, 7) is 4.99. The van der Waals surface area contributed by atoms with E-state index in [0.29, 0.717) is 25.9 Å². The number of amides is 1. The smallest absolute Gasteiger partial charge is 0.305 e. The average molecular weight is 1160 g/mol. The molecule has 6 nitrogen and oxygen atoms in total. The Balaban J connectivity index is 3.32. The van der Waals surface area contributed by atoms with Crippen LogP contribution in [0.25, 0.3) is 0 Å². The predicted octanol–water partition coefficient (Wildman–Crippen LogP) is 24.7. The molecule has 2 unspecified atom stereocenters. The number of hydrogen-bond donors (Lipinski definition) is 3. The Morgan fingerprint density at radius 2 is 0.573 bits per heavy atom. The molecule has 0 spiro atoms. The van der Waals surface area contributed by atoms with Crippen molar-refractivity contribution >= 4 is 11.9 Å². The number of hydrogen-bond acceptors (Lipinski definition) is 5. The van der Waals surface area contributed by atoms with Gasteiger partial charge in [-0.3, -0.25) is 9.59 Å². The normalized spacial score (nSPS) is 12.5. The average Bonchev–Trinajstić information content (AvgIpc) is 3.48. The van der Waals surface area contributed by atoms with E-state index in [-0.39, 0.29) is 18.5 Å². The van der Waals surface area contributed by atoms with E-state index >= 15 is 0 Å². The van der Waals surface area contributed by atoms with Crippen molar-refractivity contribution in [1.29, 1.82) is 0 Å². The van der Waals surface area contributed by atoms with Gasteiger partial charge in [-0.15, -0.1) is 0 Å². The molecule has 2 atom stereocenters. The van der Waals surface area contributed by atoms with Gasteiger partial charge in [-0.05, 0) is 51.4 Å². The van der Waals surface area contributed by atoms with Crippen LogP contribution in [0, 0.1) is 0 Å². The van der Waals surface area contributed by atoms with Crippen LogP contribution in [0.4, 0.5) is 0 Å². The number of ether oxygens (including phenoxy) is 1. The van der Waals surface area contributed by atoms with Crippen LogP contribution in [-0.2, 0) is 14.3 Å². The summed E-state index contributed by atoms with van der Waals surface area (Å²) < 4.78 is 5.49. The summed E-state index contributed by atoms with van der Waals surface area (Å²) in [5, 5.41) is 23.4. The molecule has 0 aromatic carbocycles. The van der Waals surface area contributed by atoms with Crippen molar-refractivity contribution in [3.05, 3.63) is 12.2 Å². The van der Waals surface area contributed by atoms with E-state index in [1.54, 1.807) is 0 Å². The van der Waals surface area contributed by atoms with E-state index in [4.69, 9.17) is 4.74 Å². The molecule has 0 aliphatic heterocycles. The van der Waals surface area contributed by atoms with Crippen LogP contribution >= 0.6 is 0 Å². The zero-order chi connectivity index (χ0) is 59.2. The molecule has 0 fully saturated rings. The van der Waals surface area contributed by atoms with Gasteiger partial charge >= 0.3 is 5.97 Å². The SMILES string of the molecule is CCCCCC/C=C\CCCCCCCC(=O)OCCCCCCCCCCCCCCCCCCCCCCCCCCCCCCCCCCCC(=O)NC(CO)C(O)CCCCCCCCCCCCCCCCCCCCC. The lowest BCUT2D eigenvalue weighted by Crippen LogP contribution is -2.45. The summed E-state index contributed by atoms with van der Waals surface area (Å²) in [4.78, 5) is 24.6. The maximum absolute atomic E-state index is 12.5. The van der Waals surface area contributed by atoms with Crippen LogP contribution in [0.2, 0.25) is 0 Å². The minimum atomic E-state index is -0.661. The minimum Gasteiger partial charge on any atom is -0.466 e. The first-order valence-corrected chi connectivity index (χ1v) is 37.9. The molecule has 0 aromatic heterocycles. The molecular formula is C76H149NO5. The van der Waals surface area contributed by atoms with Crippen LogP contribution in [0.3, 0.4) is 0 Å². The molecule has 0 heterocycles. The Kier molecular flexibility index (Phi) is 70.8. The Morgan fingerprint density at radius 1 is 0.329 bits per heavy atom. The number of carbonyl (C=O) groups excluding carboxylic acids is 2. The number of aliphatic hydroxyl groups is 2. The number of nitrogens with one attached hydrogen (secondary N) is 1. The third-order valence-electron chi connectivity index (χ3n) is 18.1. The Labute approximate surface area is 514 Å². The van der Waals surface area contributed by atoms with E-state index in [9.17, 15) is 19.8 Å². The Hall–Kier alpha value is -1.40. The van der Waals surface area contributed by atoms with Gasteiger partial charge in [-0.25, -0.2) is 0 Å². The molecule has 0 aromatic rings. The number of esters is 1. The van der Waals surface area contributed by atoms with Crippen LogP contribution < -0.4 is 5.32 Å². The fourth-order valence-electron chi connectivity index (χ4n) is 12.3. The zero-order valence-corrected chi connectivity index (χ0v) is 56.0. The molecule has 0 rings (SSSR count). The number of aliphatic hydroxyl groups excluding tert-OH is 2. The Bertz CT molecular complexity index is 1240. The van der Waals surface area contributed by atoms with Crippen molar-refractivity contribution < 1.29 is 24.5 Å². The number of rotatable bonds is 72. The van der Waals surface area contributed by atoms with Gasteiger partial charge in [0.1, 0.15) is 0 Å². The minimum absolute atomic E-state index is 0.0134. The summed E-state index contributed by atoms with van der Waals surface area (Å²) in [7, 11) is 0. The molecule has 0 bridgehead atoms. The lowest BCUT2D eigenvalue weighted by atomic mass is 10.0. The maximum atomic E-state index is 12.5. The lowest BCUT2D eigenvalue weighted by molar-refractivity contribution is -0.143. The summed E-state index contributed by atoms with van der Waals surface area (Å²) in [6, 6.07) is -0.538. The van der Waals surface area contributed by atoms with Crippen molar-refractivity contribution in [2.24, 2.45) is 0 Å². The van der Waals surface area contributed by atoms with Crippen molar-refractivity contribution in [2.75, 3.05) is 13.2 Å². The van der Waals surface area contributed by atoms with E-state index < -0.39 is 12.1 Å². The molecule has 0 aliphatic rings. The van der Waals surface area contributed by atoms with Crippen LogP contribution in [0.15, 0.2) is 12.2 Å². The molecule has 0 aliphatic carbocycles. The number of allylic oxidation sites excluding steroid dienone is 2. The first-order valence-electron chi connectivity index (χ1n) is 37.9. The largest absolute Gasteiger partial charge is 0.466 e. The van der Waals surface area contributed by atoms with Gasteiger partial charge in [0.2, 0.25) is 5.91 Å². The van der Waals surface area contributed by atoms with Crippen LogP contribution in [0.1, 0.15) is 438 Å². The first-order chi connectivity index (χ1) is 40.5. The van der Waals surface area contributed by atoms with Gasteiger partial charge in [0.25, 0.3) is 0 Å². The van der Waals surface area contributed by atoms with Crippen LogP contribution in [0.5, 0.6) is 0 Å². The molecule has 1 amide bonds. The molecule has 0 saturated heterocycles. The summed E-state index contributed by atoms with van der Waals surface area (Å²) in [5.74, 6) is -0.0118. The zero-order valence-electron chi connectivity index (χ0n) is 56.0. The van der Waals surface area contributed by atoms with Gasteiger partial charge < -0.3 is 20.3 Å². The summed E-state index contributed by atoms with van der Waals surface area (Å²) in [6.07, 6.45) is 90.1.